The number of nitrogens with one attached hydrogen (secondary N) is 1. The Balaban J connectivity index is 2.19. The number of carbonyl (C=O) groups is 1. The van der Waals surface area contributed by atoms with Gasteiger partial charge in [-0.15, -0.1) is 0 Å². The number of ether oxygens (including phenoxy) is 1. The Hall–Kier alpha value is -1.81. The Bertz CT molecular complexity index is 626. The van der Waals surface area contributed by atoms with Gasteiger partial charge in [0.05, 0.1) is 12.2 Å². The van der Waals surface area contributed by atoms with Crippen LogP contribution in [-0.4, -0.2) is 12.5 Å². The second kappa shape index (κ2) is 6.57. The van der Waals surface area contributed by atoms with Crippen molar-refractivity contribution in [1.82, 2.24) is 0 Å². The van der Waals surface area contributed by atoms with E-state index in [1.165, 1.54) is 0 Å². The smallest absolute Gasteiger partial charge is 0.256 e. The molecule has 3 nitrogen and oxygen atoms in total. The predicted octanol–water partition coefficient (Wildman–Crippen LogP) is 4.41. The topological polar surface area (TPSA) is 38.3 Å². The molecule has 0 aromatic heterocycles. The van der Waals surface area contributed by atoms with Crippen molar-refractivity contribution < 1.29 is 9.53 Å². The minimum Gasteiger partial charge on any atom is -0.494 e. The van der Waals surface area contributed by atoms with E-state index in [2.05, 4.69) is 21.2 Å². The molecule has 2 aromatic carbocycles. The van der Waals surface area contributed by atoms with E-state index in [0.717, 1.165) is 15.8 Å². The second-order valence-corrected chi connectivity index (χ2v) is 5.14. The zero-order chi connectivity index (χ0) is 14.5. The molecule has 20 heavy (non-hydrogen) atoms. The Kier molecular flexibility index (Phi) is 4.79. The van der Waals surface area contributed by atoms with Crippen LogP contribution in [0.4, 0.5) is 5.69 Å². The predicted molar refractivity (Wildman–Crippen MR) is 84.4 cm³/mol. The fourth-order valence-electron chi connectivity index (χ4n) is 1.85. The highest BCUT2D eigenvalue weighted by molar-refractivity contribution is 9.10. The number of aryl methyl sites for hydroxylation is 1. The zero-order valence-corrected chi connectivity index (χ0v) is 13.0. The van der Waals surface area contributed by atoms with Gasteiger partial charge >= 0.3 is 0 Å². The lowest BCUT2D eigenvalue weighted by Crippen LogP contribution is -2.13. The monoisotopic (exact) mass is 333 g/mol. The molecule has 0 radical (unpaired) electrons. The van der Waals surface area contributed by atoms with Gasteiger partial charge in [-0.25, -0.2) is 0 Å². The van der Waals surface area contributed by atoms with Crippen LogP contribution in [0.5, 0.6) is 5.75 Å². The summed E-state index contributed by atoms with van der Waals surface area (Å²) in [4.78, 5) is 12.3. The lowest BCUT2D eigenvalue weighted by molar-refractivity contribution is 0.102. The molecule has 104 valence electrons. The van der Waals surface area contributed by atoms with Gasteiger partial charge in [-0.05, 0) is 53.5 Å². The lowest BCUT2D eigenvalue weighted by atomic mass is 10.1. The summed E-state index contributed by atoms with van der Waals surface area (Å²) in [5.41, 5.74) is 2.36. The van der Waals surface area contributed by atoms with Gasteiger partial charge in [0.2, 0.25) is 0 Å². The van der Waals surface area contributed by atoms with Crippen molar-refractivity contribution in [2.75, 3.05) is 11.9 Å². The third-order valence-electron chi connectivity index (χ3n) is 2.84. The first-order chi connectivity index (χ1) is 9.61. The first kappa shape index (κ1) is 14.6. The molecule has 1 amide bonds. The Labute approximate surface area is 127 Å². The third-order valence-corrected chi connectivity index (χ3v) is 3.89. The van der Waals surface area contributed by atoms with Crippen LogP contribution >= 0.6 is 15.9 Å². The summed E-state index contributed by atoms with van der Waals surface area (Å²) >= 11 is 3.45. The largest absolute Gasteiger partial charge is 0.494 e. The highest BCUT2D eigenvalue weighted by Gasteiger charge is 2.11. The molecular weight excluding hydrogens is 318 g/mol. The summed E-state index contributed by atoms with van der Waals surface area (Å²) < 4.78 is 6.23. The van der Waals surface area contributed by atoms with E-state index in [4.69, 9.17) is 4.74 Å². The van der Waals surface area contributed by atoms with E-state index in [9.17, 15) is 4.79 Å². The molecule has 0 aliphatic rings. The van der Waals surface area contributed by atoms with E-state index in [1.54, 1.807) is 6.07 Å². The maximum atomic E-state index is 12.3. The van der Waals surface area contributed by atoms with Gasteiger partial charge in [0.25, 0.3) is 5.91 Å². The minimum atomic E-state index is -0.144. The van der Waals surface area contributed by atoms with Crippen LogP contribution in [0, 0.1) is 6.92 Å². The number of anilines is 1. The van der Waals surface area contributed by atoms with Crippen LogP contribution in [0.25, 0.3) is 0 Å². The van der Waals surface area contributed by atoms with Crippen molar-refractivity contribution in [3.8, 4) is 5.75 Å². The average Bonchev–Trinajstić information content (AvgIpc) is 2.42. The summed E-state index contributed by atoms with van der Waals surface area (Å²) in [6, 6.07) is 13.0. The van der Waals surface area contributed by atoms with E-state index in [0.29, 0.717) is 17.9 Å². The molecule has 0 bridgehead atoms. The number of carbonyl (C=O) groups excluding carboxylic acids is 1. The van der Waals surface area contributed by atoms with Crippen LogP contribution < -0.4 is 10.1 Å². The fourth-order valence-corrected chi connectivity index (χ4v) is 2.30. The summed E-state index contributed by atoms with van der Waals surface area (Å²) in [6.07, 6.45) is 0. The Morgan fingerprint density at radius 2 is 2.00 bits per heavy atom. The van der Waals surface area contributed by atoms with E-state index >= 15 is 0 Å². The van der Waals surface area contributed by atoms with Crippen molar-refractivity contribution in [1.29, 1.82) is 0 Å². The number of hydrogen-bond donors (Lipinski definition) is 1. The molecule has 0 aliphatic heterocycles. The van der Waals surface area contributed by atoms with Gasteiger partial charge in [0.15, 0.2) is 0 Å². The van der Waals surface area contributed by atoms with Gasteiger partial charge in [-0.2, -0.15) is 0 Å². The molecule has 2 rings (SSSR count). The van der Waals surface area contributed by atoms with Crippen LogP contribution in [-0.2, 0) is 0 Å². The van der Waals surface area contributed by atoms with Crippen molar-refractivity contribution in [2.24, 2.45) is 0 Å². The summed E-state index contributed by atoms with van der Waals surface area (Å²) in [6.45, 7) is 4.48. The normalized spacial score (nSPS) is 10.2. The highest BCUT2D eigenvalue weighted by atomic mass is 79.9. The van der Waals surface area contributed by atoms with Crippen molar-refractivity contribution in [3.63, 3.8) is 0 Å². The van der Waals surface area contributed by atoms with Crippen molar-refractivity contribution in [3.05, 3.63) is 58.1 Å². The molecule has 0 unspecified atom stereocenters. The Morgan fingerprint density at radius 1 is 1.25 bits per heavy atom. The second-order valence-electron chi connectivity index (χ2n) is 4.35. The van der Waals surface area contributed by atoms with Gasteiger partial charge in [0.1, 0.15) is 5.75 Å². The van der Waals surface area contributed by atoms with Crippen molar-refractivity contribution >= 4 is 27.5 Å². The maximum absolute atomic E-state index is 12.3. The van der Waals surface area contributed by atoms with Gasteiger partial charge < -0.3 is 10.1 Å². The molecule has 0 aliphatic carbocycles. The average molecular weight is 334 g/mol. The number of hydrogen-bond acceptors (Lipinski definition) is 2. The number of benzene rings is 2. The summed E-state index contributed by atoms with van der Waals surface area (Å²) in [5, 5.41) is 2.88. The molecule has 0 heterocycles. The van der Waals surface area contributed by atoms with E-state index < -0.39 is 0 Å². The molecule has 0 saturated heterocycles. The SMILES string of the molecule is CCOc1cccc(NC(=O)c2cccc(C)c2Br)c1. The number of rotatable bonds is 4. The molecule has 2 aromatic rings. The summed E-state index contributed by atoms with van der Waals surface area (Å²) in [5.74, 6) is 0.600. The van der Waals surface area contributed by atoms with Gasteiger partial charge in [-0.1, -0.05) is 18.2 Å². The van der Waals surface area contributed by atoms with E-state index in [-0.39, 0.29) is 5.91 Å². The third kappa shape index (κ3) is 3.39. The molecule has 4 heteroatoms. The van der Waals surface area contributed by atoms with Crippen molar-refractivity contribution in [2.45, 2.75) is 13.8 Å². The maximum Gasteiger partial charge on any atom is 0.256 e. The van der Waals surface area contributed by atoms with Crippen LogP contribution in [0.1, 0.15) is 22.8 Å². The van der Waals surface area contributed by atoms with Gasteiger partial charge in [0, 0.05) is 16.2 Å². The molecule has 0 spiro atoms. The van der Waals surface area contributed by atoms with Crippen LogP contribution in [0.15, 0.2) is 46.9 Å². The fraction of sp³-hybridized carbons (Fsp3) is 0.188. The Morgan fingerprint density at radius 3 is 2.75 bits per heavy atom. The molecule has 0 saturated carbocycles. The molecule has 0 atom stereocenters. The minimum absolute atomic E-state index is 0.144. The van der Waals surface area contributed by atoms with Crippen LogP contribution in [0.3, 0.4) is 0 Å². The first-order valence-corrected chi connectivity index (χ1v) is 7.20. The van der Waals surface area contributed by atoms with Crippen LogP contribution in [0.2, 0.25) is 0 Å². The summed E-state index contributed by atoms with van der Waals surface area (Å²) in [7, 11) is 0. The first-order valence-electron chi connectivity index (χ1n) is 6.41. The van der Waals surface area contributed by atoms with E-state index in [1.807, 2.05) is 50.2 Å². The quantitative estimate of drug-likeness (QED) is 0.899. The standard InChI is InChI=1S/C16H16BrNO2/c1-3-20-13-8-5-7-12(10-13)18-16(19)14-9-4-6-11(2)15(14)17/h4-10H,3H2,1-2H3,(H,18,19). The molecular formula is C16H16BrNO2. The molecule has 0 fully saturated rings. The molecule has 1 N–H and O–H groups in total. The number of halogens is 1. The zero-order valence-electron chi connectivity index (χ0n) is 11.4. The lowest BCUT2D eigenvalue weighted by Gasteiger charge is -2.10. The highest BCUT2D eigenvalue weighted by Crippen LogP contribution is 2.23. The number of amides is 1. The van der Waals surface area contributed by atoms with Gasteiger partial charge in [-0.3, -0.25) is 4.79 Å².